The standard InChI is InChI=1S/C26H28N2O/c1-2-7-22(8-3-1)20-28-25-11-5-4-10-23(25)24-19-21(12-13-26(24)28)9-6-14-27-15-17-29-18-16-27/h1-5,7-8,10-13,19H,6,9,14-18,20H2. The van der Waals surface area contributed by atoms with E-state index in [1.165, 1.54) is 39.4 Å². The van der Waals surface area contributed by atoms with Crippen LogP contribution in [-0.2, 0) is 17.7 Å². The van der Waals surface area contributed by atoms with Gasteiger partial charge in [0.2, 0.25) is 0 Å². The zero-order valence-electron chi connectivity index (χ0n) is 16.9. The van der Waals surface area contributed by atoms with Gasteiger partial charge in [0.25, 0.3) is 0 Å². The zero-order chi connectivity index (χ0) is 19.5. The third kappa shape index (κ3) is 3.93. The number of para-hydroxylation sites is 1. The van der Waals surface area contributed by atoms with Gasteiger partial charge in [0.1, 0.15) is 0 Å². The van der Waals surface area contributed by atoms with Crippen LogP contribution in [0, 0.1) is 0 Å². The largest absolute Gasteiger partial charge is 0.379 e. The van der Waals surface area contributed by atoms with Crippen molar-refractivity contribution in [2.45, 2.75) is 19.4 Å². The van der Waals surface area contributed by atoms with Crippen molar-refractivity contribution in [3.05, 3.63) is 83.9 Å². The summed E-state index contributed by atoms with van der Waals surface area (Å²) in [5.74, 6) is 0. The highest BCUT2D eigenvalue weighted by Crippen LogP contribution is 2.30. The molecule has 0 unspecified atom stereocenters. The van der Waals surface area contributed by atoms with E-state index in [4.69, 9.17) is 4.74 Å². The van der Waals surface area contributed by atoms with E-state index in [2.05, 4.69) is 82.3 Å². The SMILES string of the molecule is c1ccc(Cn2c3ccccc3c3cc(CCCN4CCOCC4)ccc32)cc1. The van der Waals surface area contributed by atoms with Gasteiger partial charge in [-0.3, -0.25) is 4.90 Å². The molecule has 0 amide bonds. The molecule has 0 N–H and O–H groups in total. The van der Waals surface area contributed by atoms with Crippen molar-refractivity contribution < 1.29 is 4.74 Å². The predicted molar refractivity (Wildman–Crippen MR) is 121 cm³/mol. The smallest absolute Gasteiger partial charge is 0.0594 e. The van der Waals surface area contributed by atoms with Crippen LogP contribution >= 0.6 is 0 Å². The maximum absolute atomic E-state index is 5.45. The molecule has 1 fully saturated rings. The van der Waals surface area contributed by atoms with Gasteiger partial charge in [-0.15, -0.1) is 0 Å². The number of aromatic nitrogens is 1. The van der Waals surface area contributed by atoms with Crippen molar-refractivity contribution in [3.63, 3.8) is 0 Å². The number of nitrogens with zero attached hydrogens (tertiary/aromatic N) is 2. The fourth-order valence-electron chi connectivity index (χ4n) is 4.52. The van der Waals surface area contributed by atoms with Crippen LogP contribution in [0.5, 0.6) is 0 Å². The minimum absolute atomic E-state index is 0.882. The number of ether oxygens (including phenoxy) is 1. The summed E-state index contributed by atoms with van der Waals surface area (Å²) in [4.78, 5) is 2.52. The molecule has 148 valence electrons. The van der Waals surface area contributed by atoms with Gasteiger partial charge in [0, 0.05) is 41.4 Å². The molecular weight excluding hydrogens is 356 g/mol. The molecule has 0 spiro atoms. The lowest BCUT2D eigenvalue weighted by Gasteiger charge is -2.26. The molecule has 29 heavy (non-hydrogen) atoms. The molecule has 4 aromatic rings. The van der Waals surface area contributed by atoms with Crippen molar-refractivity contribution >= 4 is 21.8 Å². The normalized spacial score (nSPS) is 15.3. The summed E-state index contributed by atoms with van der Waals surface area (Å²) in [7, 11) is 0. The number of fused-ring (bicyclic) bond motifs is 3. The first-order valence-corrected chi connectivity index (χ1v) is 10.7. The lowest BCUT2D eigenvalue weighted by molar-refractivity contribution is 0.0375. The molecule has 0 saturated carbocycles. The Balaban J connectivity index is 1.42. The van der Waals surface area contributed by atoms with Gasteiger partial charge in [0.05, 0.1) is 13.2 Å². The van der Waals surface area contributed by atoms with Gasteiger partial charge in [0.15, 0.2) is 0 Å². The van der Waals surface area contributed by atoms with Crippen molar-refractivity contribution in [2.24, 2.45) is 0 Å². The second-order valence-electron chi connectivity index (χ2n) is 8.00. The van der Waals surface area contributed by atoms with Crippen LogP contribution in [0.25, 0.3) is 21.8 Å². The maximum Gasteiger partial charge on any atom is 0.0594 e. The molecule has 1 aliphatic heterocycles. The highest BCUT2D eigenvalue weighted by molar-refractivity contribution is 6.08. The second kappa shape index (κ2) is 8.40. The van der Waals surface area contributed by atoms with Crippen molar-refractivity contribution in [2.75, 3.05) is 32.8 Å². The van der Waals surface area contributed by atoms with Crippen LogP contribution in [-0.4, -0.2) is 42.3 Å². The minimum Gasteiger partial charge on any atom is -0.379 e. The highest BCUT2D eigenvalue weighted by Gasteiger charge is 2.12. The van der Waals surface area contributed by atoms with Crippen molar-refractivity contribution in [1.29, 1.82) is 0 Å². The summed E-state index contributed by atoms with van der Waals surface area (Å²) >= 11 is 0. The van der Waals surface area contributed by atoms with Crippen LogP contribution in [0.2, 0.25) is 0 Å². The van der Waals surface area contributed by atoms with Crippen molar-refractivity contribution in [1.82, 2.24) is 9.47 Å². The Hall–Kier alpha value is -2.62. The summed E-state index contributed by atoms with van der Waals surface area (Å²) in [6.45, 7) is 5.98. The van der Waals surface area contributed by atoms with E-state index < -0.39 is 0 Å². The number of hydrogen-bond acceptors (Lipinski definition) is 2. The number of hydrogen-bond donors (Lipinski definition) is 0. The van der Waals surface area contributed by atoms with Crippen LogP contribution in [0.1, 0.15) is 17.5 Å². The average molecular weight is 385 g/mol. The summed E-state index contributed by atoms with van der Waals surface area (Å²) in [5.41, 5.74) is 5.42. The van der Waals surface area contributed by atoms with Crippen LogP contribution in [0.15, 0.2) is 72.8 Å². The molecule has 1 saturated heterocycles. The van der Waals surface area contributed by atoms with E-state index >= 15 is 0 Å². The first kappa shape index (κ1) is 18.4. The molecular formula is C26H28N2O. The fourth-order valence-corrected chi connectivity index (χ4v) is 4.52. The van der Waals surface area contributed by atoms with E-state index in [0.29, 0.717) is 0 Å². The van der Waals surface area contributed by atoms with Gasteiger partial charge in [-0.2, -0.15) is 0 Å². The van der Waals surface area contributed by atoms with Gasteiger partial charge >= 0.3 is 0 Å². The molecule has 5 rings (SSSR count). The molecule has 3 heteroatoms. The third-order valence-corrected chi connectivity index (χ3v) is 6.06. The molecule has 1 aromatic heterocycles. The topological polar surface area (TPSA) is 17.4 Å². The number of benzene rings is 3. The molecule has 0 radical (unpaired) electrons. The zero-order valence-corrected chi connectivity index (χ0v) is 16.9. The van der Waals surface area contributed by atoms with Crippen LogP contribution in [0.3, 0.4) is 0 Å². The van der Waals surface area contributed by atoms with E-state index in [0.717, 1.165) is 45.8 Å². The fraction of sp³-hybridized carbons (Fsp3) is 0.308. The monoisotopic (exact) mass is 384 g/mol. The van der Waals surface area contributed by atoms with Gasteiger partial charge in [-0.25, -0.2) is 0 Å². The predicted octanol–water partition coefficient (Wildman–Crippen LogP) is 5.11. The van der Waals surface area contributed by atoms with Crippen molar-refractivity contribution in [3.8, 4) is 0 Å². The Kier molecular flexibility index (Phi) is 5.33. The Morgan fingerprint density at radius 3 is 2.34 bits per heavy atom. The summed E-state index contributed by atoms with van der Waals surface area (Å²) < 4.78 is 7.91. The first-order valence-electron chi connectivity index (χ1n) is 10.7. The Labute approximate surface area is 172 Å². The molecule has 0 atom stereocenters. The maximum atomic E-state index is 5.45. The average Bonchev–Trinajstić information content (AvgIpc) is 3.09. The molecule has 3 aromatic carbocycles. The van der Waals surface area contributed by atoms with Gasteiger partial charge in [-0.05, 0) is 48.7 Å². The molecule has 1 aliphatic rings. The molecule has 0 aliphatic carbocycles. The van der Waals surface area contributed by atoms with Gasteiger partial charge < -0.3 is 9.30 Å². The lowest BCUT2D eigenvalue weighted by atomic mass is 10.1. The van der Waals surface area contributed by atoms with E-state index in [1.807, 2.05) is 0 Å². The molecule has 3 nitrogen and oxygen atoms in total. The van der Waals surface area contributed by atoms with Crippen LogP contribution < -0.4 is 0 Å². The number of rotatable bonds is 6. The summed E-state index contributed by atoms with van der Waals surface area (Å²) in [5, 5.41) is 2.73. The second-order valence-corrected chi connectivity index (χ2v) is 8.00. The quantitative estimate of drug-likeness (QED) is 0.460. The Morgan fingerprint density at radius 1 is 0.724 bits per heavy atom. The van der Waals surface area contributed by atoms with E-state index in [9.17, 15) is 0 Å². The first-order chi connectivity index (χ1) is 14.4. The number of aryl methyl sites for hydroxylation is 1. The summed E-state index contributed by atoms with van der Waals surface area (Å²) in [6.07, 6.45) is 2.33. The van der Waals surface area contributed by atoms with Gasteiger partial charge in [-0.1, -0.05) is 54.6 Å². The third-order valence-electron chi connectivity index (χ3n) is 6.06. The highest BCUT2D eigenvalue weighted by atomic mass is 16.5. The molecule has 0 bridgehead atoms. The lowest BCUT2D eigenvalue weighted by Crippen LogP contribution is -2.36. The number of morpholine rings is 1. The molecule has 2 heterocycles. The Morgan fingerprint density at radius 2 is 1.48 bits per heavy atom. The van der Waals surface area contributed by atoms with E-state index in [-0.39, 0.29) is 0 Å². The summed E-state index contributed by atoms with van der Waals surface area (Å²) in [6, 6.07) is 26.6. The Bertz CT molecular complexity index is 1090. The minimum atomic E-state index is 0.882. The van der Waals surface area contributed by atoms with E-state index in [1.54, 1.807) is 0 Å². The van der Waals surface area contributed by atoms with Crippen LogP contribution in [0.4, 0.5) is 0 Å².